The highest BCUT2D eigenvalue weighted by molar-refractivity contribution is 7.15. The standard InChI is InChI=1S/C18H16F3N3O3S/c1-10-14(13-16(25)23-6-8-27-9-7-24(23)17(13)26)22-15(28-10)11-2-4-12(5-3-11)18(19,20)21/h2-5,25H,6-9H2,1H3. The third-order valence-electron chi connectivity index (χ3n) is 4.60. The van der Waals surface area contributed by atoms with Crippen LogP contribution in [0.2, 0.25) is 0 Å². The Morgan fingerprint density at radius 1 is 1.14 bits per heavy atom. The molecular formula is C18H16F3N3O3S. The molecule has 0 atom stereocenters. The number of hydrogen-bond donors (Lipinski definition) is 1. The van der Waals surface area contributed by atoms with Crippen molar-refractivity contribution in [3.63, 3.8) is 0 Å². The average molecular weight is 411 g/mol. The third-order valence-corrected chi connectivity index (χ3v) is 5.62. The summed E-state index contributed by atoms with van der Waals surface area (Å²) >= 11 is 1.26. The molecular weight excluding hydrogens is 395 g/mol. The fourth-order valence-corrected chi connectivity index (χ4v) is 4.12. The highest BCUT2D eigenvalue weighted by Gasteiger charge is 2.30. The number of halogens is 3. The first-order chi connectivity index (χ1) is 13.3. The van der Waals surface area contributed by atoms with E-state index in [1.54, 1.807) is 6.92 Å². The third kappa shape index (κ3) is 3.12. The Morgan fingerprint density at radius 2 is 1.79 bits per heavy atom. The number of benzene rings is 1. The Kier molecular flexibility index (Phi) is 4.54. The lowest BCUT2D eigenvalue weighted by molar-refractivity contribution is -0.137. The number of rotatable bonds is 2. The SMILES string of the molecule is Cc1sc(-c2ccc(C(F)(F)F)cc2)nc1-c1c(O)n2n(c1=O)CCOCC2. The summed E-state index contributed by atoms with van der Waals surface area (Å²) in [7, 11) is 0. The van der Waals surface area contributed by atoms with Crippen molar-refractivity contribution in [3.8, 4) is 27.7 Å². The van der Waals surface area contributed by atoms with Gasteiger partial charge in [-0.2, -0.15) is 13.2 Å². The number of aryl methyl sites for hydroxylation is 1. The zero-order chi connectivity index (χ0) is 20.1. The van der Waals surface area contributed by atoms with E-state index >= 15 is 0 Å². The monoisotopic (exact) mass is 411 g/mol. The number of aromatic nitrogens is 3. The van der Waals surface area contributed by atoms with Gasteiger partial charge in [0.1, 0.15) is 10.6 Å². The number of hydrogen-bond acceptors (Lipinski definition) is 5. The molecule has 0 saturated heterocycles. The predicted octanol–water partition coefficient (Wildman–Crippen LogP) is 3.50. The van der Waals surface area contributed by atoms with Gasteiger partial charge in [-0.3, -0.25) is 4.79 Å². The molecule has 4 rings (SSSR count). The molecule has 0 aliphatic carbocycles. The van der Waals surface area contributed by atoms with Crippen molar-refractivity contribution >= 4 is 11.3 Å². The normalized spacial score (nSPS) is 14.7. The molecule has 148 valence electrons. The summed E-state index contributed by atoms with van der Waals surface area (Å²) in [5, 5.41) is 11.1. The highest BCUT2D eigenvalue weighted by atomic mass is 32.1. The van der Waals surface area contributed by atoms with Gasteiger partial charge >= 0.3 is 6.18 Å². The molecule has 0 saturated carbocycles. The summed E-state index contributed by atoms with van der Waals surface area (Å²) in [4.78, 5) is 18.0. The van der Waals surface area contributed by atoms with Crippen LogP contribution in [-0.2, 0) is 24.0 Å². The Hall–Kier alpha value is -2.59. The summed E-state index contributed by atoms with van der Waals surface area (Å²) in [6, 6.07) is 4.70. The molecule has 0 radical (unpaired) electrons. The van der Waals surface area contributed by atoms with Gasteiger partial charge in [-0.15, -0.1) is 11.3 Å². The molecule has 6 nitrogen and oxygen atoms in total. The molecule has 0 amide bonds. The molecule has 3 heterocycles. The molecule has 0 unspecified atom stereocenters. The Labute approximate surface area is 161 Å². The van der Waals surface area contributed by atoms with Crippen molar-refractivity contribution in [2.45, 2.75) is 26.2 Å². The number of nitrogens with zero attached hydrogens (tertiary/aromatic N) is 3. The van der Waals surface area contributed by atoms with Crippen LogP contribution in [0.3, 0.4) is 0 Å². The smallest absolute Gasteiger partial charge is 0.416 e. The van der Waals surface area contributed by atoms with E-state index in [0.717, 1.165) is 12.1 Å². The van der Waals surface area contributed by atoms with E-state index in [-0.39, 0.29) is 17.0 Å². The largest absolute Gasteiger partial charge is 0.493 e. The van der Waals surface area contributed by atoms with Crippen LogP contribution >= 0.6 is 11.3 Å². The molecule has 10 heteroatoms. The van der Waals surface area contributed by atoms with Gasteiger partial charge in [0.2, 0.25) is 5.88 Å². The molecule has 28 heavy (non-hydrogen) atoms. The number of fused-ring (bicyclic) bond motifs is 1. The lowest BCUT2D eigenvalue weighted by Gasteiger charge is -2.06. The quantitative estimate of drug-likeness (QED) is 0.701. The summed E-state index contributed by atoms with van der Waals surface area (Å²) in [5.41, 5.74) is -0.138. The van der Waals surface area contributed by atoms with E-state index in [4.69, 9.17) is 4.74 Å². The molecule has 2 aromatic heterocycles. The lowest BCUT2D eigenvalue weighted by atomic mass is 10.1. The molecule has 0 bridgehead atoms. The summed E-state index contributed by atoms with van der Waals surface area (Å²) in [6.45, 7) is 3.18. The molecule has 1 aromatic carbocycles. The topological polar surface area (TPSA) is 69.3 Å². The maximum absolute atomic E-state index is 12.8. The minimum Gasteiger partial charge on any atom is -0.493 e. The Balaban J connectivity index is 1.76. The van der Waals surface area contributed by atoms with E-state index in [9.17, 15) is 23.1 Å². The fraction of sp³-hybridized carbons (Fsp3) is 0.333. The van der Waals surface area contributed by atoms with Crippen LogP contribution in [0.4, 0.5) is 13.2 Å². The zero-order valence-corrected chi connectivity index (χ0v) is 15.6. The van der Waals surface area contributed by atoms with Crippen LogP contribution in [0, 0.1) is 6.92 Å². The minimum absolute atomic E-state index is 0.105. The maximum atomic E-state index is 12.8. The maximum Gasteiger partial charge on any atom is 0.416 e. The van der Waals surface area contributed by atoms with E-state index < -0.39 is 11.7 Å². The average Bonchev–Trinajstić information content (AvgIpc) is 2.99. The molecule has 0 fully saturated rings. The highest BCUT2D eigenvalue weighted by Crippen LogP contribution is 2.37. The molecule has 3 aromatic rings. The molecule has 1 aliphatic rings. The molecule has 1 N–H and O–H groups in total. The number of alkyl halides is 3. The van der Waals surface area contributed by atoms with E-state index in [0.29, 0.717) is 47.4 Å². The molecule has 1 aliphatic heterocycles. The van der Waals surface area contributed by atoms with Crippen molar-refractivity contribution in [1.29, 1.82) is 0 Å². The van der Waals surface area contributed by atoms with Gasteiger partial charge in [0.05, 0.1) is 37.6 Å². The van der Waals surface area contributed by atoms with Crippen molar-refractivity contribution in [2.75, 3.05) is 13.2 Å². The van der Waals surface area contributed by atoms with Crippen LogP contribution in [-0.4, -0.2) is 32.7 Å². The van der Waals surface area contributed by atoms with Crippen LogP contribution in [0.25, 0.3) is 21.8 Å². The van der Waals surface area contributed by atoms with Gasteiger partial charge in [0.25, 0.3) is 5.56 Å². The predicted molar refractivity (Wildman–Crippen MR) is 97.5 cm³/mol. The van der Waals surface area contributed by atoms with Gasteiger partial charge in [-0.25, -0.2) is 14.3 Å². The first kappa shape index (κ1) is 18.8. The van der Waals surface area contributed by atoms with Crippen molar-refractivity contribution in [1.82, 2.24) is 14.3 Å². The van der Waals surface area contributed by atoms with Crippen molar-refractivity contribution in [3.05, 3.63) is 45.1 Å². The Morgan fingerprint density at radius 3 is 2.43 bits per heavy atom. The number of ether oxygens (including phenoxy) is 1. The lowest BCUT2D eigenvalue weighted by Crippen LogP contribution is -2.23. The van der Waals surface area contributed by atoms with Gasteiger partial charge < -0.3 is 9.84 Å². The second-order valence-electron chi connectivity index (χ2n) is 6.36. The second-order valence-corrected chi connectivity index (χ2v) is 7.56. The van der Waals surface area contributed by atoms with Crippen LogP contribution in [0.15, 0.2) is 29.1 Å². The van der Waals surface area contributed by atoms with E-state index in [1.807, 2.05) is 0 Å². The van der Waals surface area contributed by atoms with Gasteiger partial charge in [-0.05, 0) is 19.1 Å². The van der Waals surface area contributed by atoms with E-state index in [2.05, 4.69) is 4.98 Å². The van der Waals surface area contributed by atoms with E-state index in [1.165, 1.54) is 32.8 Å². The summed E-state index contributed by atoms with van der Waals surface area (Å²) in [5.74, 6) is -0.178. The van der Waals surface area contributed by atoms with Crippen LogP contribution < -0.4 is 5.56 Å². The minimum atomic E-state index is -4.41. The Bertz CT molecular complexity index is 1080. The van der Waals surface area contributed by atoms with Crippen molar-refractivity contribution < 1.29 is 23.0 Å². The summed E-state index contributed by atoms with van der Waals surface area (Å²) in [6.07, 6.45) is -4.41. The second kappa shape index (κ2) is 6.78. The fourth-order valence-electron chi connectivity index (χ4n) is 3.19. The van der Waals surface area contributed by atoms with Crippen LogP contribution in [0.1, 0.15) is 10.4 Å². The first-order valence-corrected chi connectivity index (χ1v) is 9.35. The number of thiazole rings is 1. The van der Waals surface area contributed by atoms with Crippen molar-refractivity contribution in [2.24, 2.45) is 0 Å². The number of aromatic hydroxyl groups is 1. The van der Waals surface area contributed by atoms with Gasteiger partial charge in [-0.1, -0.05) is 12.1 Å². The first-order valence-electron chi connectivity index (χ1n) is 8.53. The van der Waals surface area contributed by atoms with Crippen LogP contribution in [0.5, 0.6) is 5.88 Å². The molecule has 0 spiro atoms. The zero-order valence-electron chi connectivity index (χ0n) is 14.8. The van der Waals surface area contributed by atoms with Gasteiger partial charge in [0, 0.05) is 10.4 Å². The van der Waals surface area contributed by atoms with Gasteiger partial charge in [0.15, 0.2) is 0 Å². The summed E-state index contributed by atoms with van der Waals surface area (Å²) < 4.78 is 46.5.